The van der Waals surface area contributed by atoms with Crippen molar-refractivity contribution in [3.05, 3.63) is 86.2 Å². The highest BCUT2D eigenvalue weighted by Gasteiger charge is 2.26. The van der Waals surface area contributed by atoms with Crippen LogP contribution < -0.4 is 27.0 Å². The quantitative estimate of drug-likeness (QED) is 0.541. The van der Waals surface area contributed by atoms with Crippen LogP contribution in [0, 0.1) is 0 Å². The van der Waals surface area contributed by atoms with Gasteiger partial charge in [0, 0.05) is 5.56 Å². The molecule has 1 aromatic heterocycles. The molecule has 1 aliphatic rings. The van der Waals surface area contributed by atoms with E-state index in [0.717, 1.165) is 41.9 Å². The molecule has 0 spiro atoms. The third kappa shape index (κ3) is 3.77. The smallest absolute Gasteiger partial charge is 0.326 e. The zero-order valence-electron chi connectivity index (χ0n) is 15.5. The summed E-state index contributed by atoms with van der Waals surface area (Å²) in [6.07, 6.45) is 2.41. The SMILES string of the molecule is Nc1c(C(=O)N[C@@H]2CCCc3c(Oc4ccccc4)cccc32)[nH]c(=O)[nH]c1=O. The first kappa shape index (κ1) is 18.5. The van der Waals surface area contributed by atoms with Crippen LogP contribution in [-0.2, 0) is 6.42 Å². The van der Waals surface area contributed by atoms with Crippen molar-refractivity contribution in [2.24, 2.45) is 0 Å². The van der Waals surface area contributed by atoms with Crippen molar-refractivity contribution in [1.29, 1.82) is 0 Å². The molecule has 0 saturated heterocycles. The highest BCUT2D eigenvalue weighted by atomic mass is 16.5. The van der Waals surface area contributed by atoms with Gasteiger partial charge in [0.1, 0.15) is 22.9 Å². The first-order valence-corrected chi connectivity index (χ1v) is 9.30. The Bertz CT molecular complexity index is 1170. The predicted octanol–water partition coefficient (Wildman–Crippen LogP) is 2.25. The number of carbonyl (C=O) groups is 1. The van der Waals surface area contributed by atoms with Gasteiger partial charge in [-0.15, -0.1) is 0 Å². The average Bonchev–Trinajstić information content (AvgIpc) is 2.72. The van der Waals surface area contributed by atoms with Crippen LogP contribution in [0.5, 0.6) is 11.5 Å². The van der Waals surface area contributed by atoms with E-state index < -0.39 is 17.2 Å². The van der Waals surface area contributed by atoms with Crippen molar-refractivity contribution in [2.75, 3.05) is 5.73 Å². The van der Waals surface area contributed by atoms with E-state index in [0.29, 0.717) is 0 Å². The molecular weight excluding hydrogens is 372 g/mol. The van der Waals surface area contributed by atoms with Gasteiger partial charge < -0.3 is 20.8 Å². The van der Waals surface area contributed by atoms with Crippen LogP contribution in [0.15, 0.2) is 58.1 Å². The number of nitrogens with two attached hydrogens (primary N) is 1. The highest BCUT2D eigenvalue weighted by molar-refractivity contribution is 5.97. The summed E-state index contributed by atoms with van der Waals surface area (Å²) >= 11 is 0. The van der Waals surface area contributed by atoms with E-state index in [4.69, 9.17) is 10.5 Å². The van der Waals surface area contributed by atoms with E-state index in [-0.39, 0.29) is 17.4 Å². The Labute approximate surface area is 165 Å². The monoisotopic (exact) mass is 392 g/mol. The summed E-state index contributed by atoms with van der Waals surface area (Å²) in [4.78, 5) is 40.2. The van der Waals surface area contributed by atoms with Gasteiger partial charge in [-0.3, -0.25) is 14.6 Å². The molecule has 1 heterocycles. The van der Waals surface area contributed by atoms with Gasteiger partial charge in [0.25, 0.3) is 11.5 Å². The number of nitrogen functional groups attached to an aromatic ring is 1. The molecule has 0 aliphatic heterocycles. The van der Waals surface area contributed by atoms with Gasteiger partial charge in [0.05, 0.1) is 6.04 Å². The lowest BCUT2D eigenvalue weighted by Crippen LogP contribution is -2.36. The summed E-state index contributed by atoms with van der Waals surface area (Å²) in [5, 5.41) is 2.88. The van der Waals surface area contributed by atoms with Gasteiger partial charge in [-0.1, -0.05) is 30.3 Å². The second kappa shape index (κ2) is 7.67. The molecule has 4 rings (SSSR count). The molecular formula is C21H20N4O4. The van der Waals surface area contributed by atoms with E-state index in [1.165, 1.54) is 0 Å². The molecule has 1 amide bonds. The Kier molecular flexibility index (Phi) is 4.90. The number of aromatic amines is 2. The molecule has 5 N–H and O–H groups in total. The Balaban J connectivity index is 1.62. The van der Waals surface area contributed by atoms with Crippen LogP contribution in [0.2, 0.25) is 0 Å². The molecule has 8 nitrogen and oxygen atoms in total. The second-order valence-electron chi connectivity index (χ2n) is 6.85. The third-order valence-corrected chi connectivity index (χ3v) is 4.95. The molecule has 0 radical (unpaired) electrons. The van der Waals surface area contributed by atoms with Gasteiger partial charge in [0.2, 0.25) is 0 Å². The summed E-state index contributed by atoms with van der Waals surface area (Å²) in [5.74, 6) is 0.885. The normalized spacial score (nSPS) is 15.4. The molecule has 8 heteroatoms. The van der Waals surface area contributed by atoms with Gasteiger partial charge in [-0.2, -0.15) is 0 Å². The van der Waals surface area contributed by atoms with Crippen LogP contribution in [0.3, 0.4) is 0 Å². The van der Waals surface area contributed by atoms with Crippen LogP contribution in [-0.4, -0.2) is 15.9 Å². The zero-order chi connectivity index (χ0) is 20.4. The van der Waals surface area contributed by atoms with Crippen molar-refractivity contribution < 1.29 is 9.53 Å². The number of nitrogens with one attached hydrogen (secondary N) is 3. The highest BCUT2D eigenvalue weighted by Crippen LogP contribution is 2.37. The van der Waals surface area contributed by atoms with Crippen LogP contribution >= 0.6 is 0 Å². The third-order valence-electron chi connectivity index (χ3n) is 4.95. The van der Waals surface area contributed by atoms with Crippen LogP contribution in [0.25, 0.3) is 0 Å². The van der Waals surface area contributed by atoms with Crippen LogP contribution in [0.4, 0.5) is 5.69 Å². The van der Waals surface area contributed by atoms with Gasteiger partial charge >= 0.3 is 5.69 Å². The Morgan fingerprint density at radius 3 is 2.66 bits per heavy atom. The minimum absolute atomic E-state index is 0.234. The molecule has 3 aromatic rings. The van der Waals surface area contributed by atoms with E-state index >= 15 is 0 Å². The molecule has 1 atom stereocenters. The Morgan fingerprint density at radius 2 is 1.86 bits per heavy atom. The lowest BCUT2D eigenvalue weighted by atomic mass is 9.87. The first-order valence-electron chi connectivity index (χ1n) is 9.30. The number of para-hydroxylation sites is 1. The number of H-pyrrole nitrogens is 2. The molecule has 0 fully saturated rings. The number of carbonyl (C=O) groups excluding carboxylic acids is 1. The number of fused-ring (bicyclic) bond motifs is 1. The van der Waals surface area contributed by atoms with E-state index in [2.05, 4.69) is 10.3 Å². The maximum absolute atomic E-state index is 12.7. The lowest BCUT2D eigenvalue weighted by Gasteiger charge is -2.28. The minimum Gasteiger partial charge on any atom is -0.457 e. The number of amides is 1. The zero-order valence-corrected chi connectivity index (χ0v) is 15.5. The first-order chi connectivity index (χ1) is 14.0. The minimum atomic E-state index is -0.790. The van der Waals surface area contributed by atoms with Crippen molar-refractivity contribution >= 4 is 11.6 Å². The van der Waals surface area contributed by atoms with Gasteiger partial charge in [-0.25, -0.2) is 4.79 Å². The molecule has 148 valence electrons. The second-order valence-corrected chi connectivity index (χ2v) is 6.85. The van der Waals surface area contributed by atoms with Crippen molar-refractivity contribution in [3.63, 3.8) is 0 Å². The lowest BCUT2D eigenvalue weighted by molar-refractivity contribution is 0.0928. The molecule has 0 unspecified atom stereocenters. The molecule has 0 bridgehead atoms. The Hall–Kier alpha value is -3.81. The number of benzene rings is 2. The maximum Gasteiger partial charge on any atom is 0.326 e. The Morgan fingerprint density at radius 1 is 1.07 bits per heavy atom. The predicted molar refractivity (Wildman–Crippen MR) is 108 cm³/mol. The topological polar surface area (TPSA) is 130 Å². The van der Waals surface area contributed by atoms with Gasteiger partial charge in [-0.05, 0) is 43.0 Å². The summed E-state index contributed by atoms with van der Waals surface area (Å²) in [5.41, 5.74) is 5.52. The van der Waals surface area contributed by atoms with Gasteiger partial charge in [0.15, 0.2) is 0 Å². The standard InChI is InChI=1S/C21H20N4O4/c22-17-18(24-21(28)25-19(17)26)20(27)23-15-10-4-9-14-13(15)8-5-11-16(14)29-12-6-2-1-3-7-12/h1-3,5-8,11,15H,4,9-10,22H2,(H,23,27)(H2,24,25,26,28)/t15-/m1/s1. The molecule has 0 saturated carbocycles. The summed E-state index contributed by atoms with van der Waals surface area (Å²) in [6.45, 7) is 0. The van der Waals surface area contributed by atoms with E-state index in [1.54, 1.807) is 0 Å². The van der Waals surface area contributed by atoms with Crippen molar-refractivity contribution in [3.8, 4) is 11.5 Å². The fraction of sp³-hybridized carbons (Fsp3) is 0.190. The van der Waals surface area contributed by atoms with Crippen LogP contribution in [0.1, 0.15) is 40.5 Å². The average molecular weight is 392 g/mol. The molecule has 29 heavy (non-hydrogen) atoms. The fourth-order valence-electron chi connectivity index (χ4n) is 3.58. The fourth-order valence-corrected chi connectivity index (χ4v) is 3.58. The maximum atomic E-state index is 12.7. The number of anilines is 1. The number of hydrogen-bond acceptors (Lipinski definition) is 5. The number of ether oxygens (including phenoxy) is 1. The number of rotatable bonds is 4. The van der Waals surface area contributed by atoms with Crippen molar-refractivity contribution in [1.82, 2.24) is 15.3 Å². The summed E-state index contributed by atoms with van der Waals surface area (Å²) < 4.78 is 6.04. The summed E-state index contributed by atoms with van der Waals surface area (Å²) in [7, 11) is 0. The molecule has 1 aliphatic carbocycles. The number of hydrogen-bond donors (Lipinski definition) is 4. The van der Waals surface area contributed by atoms with E-state index in [1.807, 2.05) is 53.5 Å². The van der Waals surface area contributed by atoms with Crippen molar-refractivity contribution in [2.45, 2.75) is 25.3 Å². The summed E-state index contributed by atoms with van der Waals surface area (Å²) in [6, 6.07) is 14.9. The largest absolute Gasteiger partial charge is 0.457 e. The molecule has 2 aromatic carbocycles. The number of aromatic nitrogens is 2. The van der Waals surface area contributed by atoms with E-state index in [9.17, 15) is 14.4 Å².